The van der Waals surface area contributed by atoms with Crippen molar-refractivity contribution in [3.05, 3.63) is 66.7 Å². The fourth-order valence-electron chi connectivity index (χ4n) is 3.21. The van der Waals surface area contributed by atoms with Crippen molar-refractivity contribution in [2.75, 3.05) is 11.9 Å². The molecule has 3 aromatic rings. The second kappa shape index (κ2) is 9.46. The van der Waals surface area contributed by atoms with Crippen molar-refractivity contribution in [2.24, 2.45) is 4.99 Å². The molecule has 32 heavy (non-hydrogen) atoms. The number of nitrogens with one attached hydrogen (secondary N) is 1. The third-order valence-electron chi connectivity index (χ3n) is 4.73. The van der Waals surface area contributed by atoms with Gasteiger partial charge in [-0.3, -0.25) is 19.3 Å². The molecule has 7 nitrogen and oxygen atoms in total. The van der Waals surface area contributed by atoms with E-state index in [1.54, 1.807) is 30.3 Å². The number of carbonyl (C=O) groups excluding carboxylic acids is 3. The summed E-state index contributed by atoms with van der Waals surface area (Å²) in [6.45, 7) is 5.49. The molecule has 1 atom stereocenters. The molecule has 1 aromatic heterocycles. The number of nitrogens with zero attached hydrogens (tertiary/aromatic N) is 3. The summed E-state index contributed by atoms with van der Waals surface area (Å²) >= 11 is 2.69. The Hall–Kier alpha value is -3.30. The molecule has 1 unspecified atom stereocenters. The number of ketones is 1. The van der Waals surface area contributed by atoms with Crippen molar-refractivity contribution in [1.82, 2.24) is 9.88 Å². The molecule has 9 heteroatoms. The zero-order valence-electron chi connectivity index (χ0n) is 17.3. The van der Waals surface area contributed by atoms with Crippen LogP contribution in [-0.2, 0) is 9.59 Å². The highest BCUT2D eigenvalue weighted by molar-refractivity contribution is 8.15. The molecule has 0 spiro atoms. The minimum Gasteiger partial charge on any atom is -0.326 e. The molecule has 0 aliphatic carbocycles. The van der Waals surface area contributed by atoms with E-state index in [0.717, 1.165) is 10.2 Å². The first kappa shape index (κ1) is 21.9. The molecule has 1 aliphatic rings. The van der Waals surface area contributed by atoms with Gasteiger partial charge in [-0.15, -0.1) is 6.58 Å². The Kier molecular flexibility index (Phi) is 6.48. The minimum absolute atomic E-state index is 0.0136. The highest BCUT2D eigenvalue weighted by Gasteiger charge is 2.38. The van der Waals surface area contributed by atoms with Crippen LogP contribution in [0.3, 0.4) is 0 Å². The van der Waals surface area contributed by atoms with Crippen LogP contribution in [0.5, 0.6) is 0 Å². The lowest BCUT2D eigenvalue weighted by atomic mass is 10.1. The number of hydrogen-bond donors (Lipinski definition) is 1. The van der Waals surface area contributed by atoms with Crippen molar-refractivity contribution < 1.29 is 14.4 Å². The molecule has 1 fully saturated rings. The van der Waals surface area contributed by atoms with Gasteiger partial charge in [0, 0.05) is 24.2 Å². The van der Waals surface area contributed by atoms with Crippen LogP contribution < -0.4 is 5.32 Å². The second-order valence-electron chi connectivity index (χ2n) is 7.09. The summed E-state index contributed by atoms with van der Waals surface area (Å²) in [5, 5.41) is 3.23. The van der Waals surface area contributed by atoms with Crippen molar-refractivity contribution >= 4 is 66.9 Å². The Labute approximate surface area is 193 Å². The van der Waals surface area contributed by atoms with Gasteiger partial charge in [0.1, 0.15) is 5.25 Å². The number of rotatable bonds is 7. The summed E-state index contributed by atoms with van der Waals surface area (Å²) in [7, 11) is 0. The Morgan fingerprint density at radius 3 is 2.81 bits per heavy atom. The maximum Gasteiger partial charge on any atom is 0.242 e. The van der Waals surface area contributed by atoms with Gasteiger partial charge in [0.2, 0.25) is 16.9 Å². The number of anilines is 1. The molecule has 1 N–H and O–H groups in total. The number of hydrogen-bond acceptors (Lipinski definition) is 7. The number of para-hydroxylation sites is 1. The van der Waals surface area contributed by atoms with E-state index >= 15 is 0 Å². The smallest absolute Gasteiger partial charge is 0.242 e. The summed E-state index contributed by atoms with van der Waals surface area (Å²) in [6.07, 6.45) is 1.61. The monoisotopic (exact) mass is 464 g/mol. The summed E-state index contributed by atoms with van der Waals surface area (Å²) in [5.41, 5.74) is 1.88. The number of amides is 2. The third-order valence-corrected chi connectivity index (χ3v) is 6.83. The Morgan fingerprint density at radius 2 is 2.06 bits per heavy atom. The maximum atomic E-state index is 12.9. The van der Waals surface area contributed by atoms with Crippen LogP contribution in [0.4, 0.5) is 10.8 Å². The zero-order chi connectivity index (χ0) is 22.7. The number of benzene rings is 2. The lowest BCUT2D eigenvalue weighted by molar-refractivity contribution is -0.127. The van der Waals surface area contributed by atoms with Gasteiger partial charge in [-0.05, 0) is 31.2 Å². The van der Waals surface area contributed by atoms with Crippen LogP contribution in [-0.4, -0.2) is 44.4 Å². The highest BCUT2D eigenvalue weighted by atomic mass is 32.2. The minimum atomic E-state index is -0.598. The van der Waals surface area contributed by atoms with E-state index in [-0.39, 0.29) is 24.0 Å². The van der Waals surface area contributed by atoms with Gasteiger partial charge in [0.25, 0.3) is 0 Å². The van der Waals surface area contributed by atoms with Crippen LogP contribution in [0.2, 0.25) is 0 Å². The number of thiazole rings is 1. The topological polar surface area (TPSA) is 91.7 Å². The van der Waals surface area contributed by atoms with Crippen LogP contribution >= 0.6 is 23.1 Å². The summed E-state index contributed by atoms with van der Waals surface area (Å²) in [6, 6.07) is 14.5. The maximum absolute atomic E-state index is 12.9. The Morgan fingerprint density at radius 1 is 1.25 bits per heavy atom. The van der Waals surface area contributed by atoms with Crippen LogP contribution in [0, 0.1) is 0 Å². The van der Waals surface area contributed by atoms with Crippen molar-refractivity contribution in [2.45, 2.75) is 18.6 Å². The fraction of sp³-hybridized carbons (Fsp3) is 0.174. The molecule has 4 rings (SSSR count). The summed E-state index contributed by atoms with van der Waals surface area (Å²) in [4.78, 5) is 47.7. The molecule has 1 aliphatic heterocycles. The molecule has 2 aromatic carbocycles. The van der Waals surface area contributed by atoms with Gasteiger partial charge in [0.05, 0.1) is 10.2 Å². The van der Waals surface area contributed by atoms with Gasteiger partial charge >= 0.3 is 0 Å². The van der Waals surface area contributed by atoms with Crippen molar-refractivity contribution in [3.8, 4) is 0 Å². The normalized spacial score (nSPS) is 17.2. The number of aliphatic imine (C=N–C) groups is 1. The van der Waals surface area contributed by atoms with Gasteiger partial charge < -0.3 is 5.32 Å². The average Bonchev–Trinajstić information content (AvgIpc) is 3.30. The first-order valence-electron chi connectivity index (χ1n) is 9.88. The standard InChI is InChI=1S/C23H20N4O3S2/c1-3-11-27-21(30)19(13-20(29)24-16-8-6-7-15(12-16)14(2)28)32-23(27)26-22-25-17-9-4-5-10-18(17)31-22/h3-10,12,19H,1,11,13H2,2H3,(H,24,29). The molecular formula is C23H20N4O3S2. The number of carbonyl (C=O) groups is 3. The molecule has 0 saturated carbocycles. The first-order chi connectivity index (χ1) is 15.4. The zero-order valence-corrected chi connectivity index (χ0v) is 18.9. The highest BCUT2D eigenvalue weighted by Crippen LogP contribution is 2.34. The van der Waals surface area contributed by atoms with Gasteiger partial charge in [0.15, 0.2) is 11.0 Å². The molecule has 2 heterocycles. The van der Waals surface area contributed by atoms with Gasteiger partial charge in [-0.25, -0.2) is 4.98 Å². The van der Waals surface area contributed by atoms with Gasteiger partial charge in [-0.1, -0.05) is 53.4 Å². The van der Waals surface area contributed by atoms with Crippen molar-refractivity contribution in [1.29, 1.82) is 0 Å². The van der Waals surface area contributed by atoms with Crippen LogP contribution in [0.15, 0.2) is 66.2 Å². The van der Waals surface area contributed by atoms with Crippen molar-refractivity contribution in [3.63, 3.8) is 0 Å². The van der Waals surface area contributed by atoms with E-state index < -0.39 is 5.25 Å². The second-order valence-corrected chi connectivity index (χ2v) is 9.27. The van der Waals surface area contributed by atoms with E-state index in [0.29, 0.717) is 28.1 Å². The predicted molar refractivity (Wildman–Crippen MR) is 130 cm³/mol. The Balaban J connectivity index is 1.50. The quantitative estimate of drug-likeness (QED) is 0.406. The molecule has 2 amide bonds. The number of amidine groups is 1. The van der Waals surface area contributed by atoms with Gasteiger partial charge in [-0.2, -0.15) is 4.99 Å². The van der Waals surface area contributed by atoms with E-state index in [9.17, 15) is 14.4 Å². The lowest BCUT2D eigenvalue weighted by Gasteiger charge is -2.13. The first-order valence-corrected chi connectivity index (χ1v) is 11.6. The summed E-state index contributed by atoms with van der Waals surface area (Å²) < 4.78 is 1.01. The SMILES string of the molecule is C=CCN1C(=O)C(CC(=O)Nc2cccc(C(C)=O)c2)SC1=Nc1nc2ccccc2s1. The largest absolute Gasteiger partial charge is 0.326 e. The Bertz CT molecular complexity index is 1220. The lowest BCUT2D eigenvalue weighted by Crippen LogP contribution is -2.33. The number of fused-ring (bicyclic) bond motifs is 1. The molecular weight excluding hydrogens is 444 g/mol. The predicted octanol–water partition coefficient (Wildman–Crippen LogP) is 4.65. The van der Waals surface area contributed by atoms with Crippen LogP contribution in [0.25, 0.3) is 10.2 Å². The molecule has 162 valence electrons. The average molecular weight is 465 g/mol. The van der Waals surface area contributed by atoms with Crippen LogP contribution in [0.1, 0.15) is 23.7 Å². The number of aromatic nitrogens is 1. The van der Waals surface area contributed by atoms with E-state index in [1.807, 2.05) is 24.3 Å². The van der Waals surface area contributed by atoms with E-state index in [4.69, 9.17) is 0 Å². The fourth-order valence-corrected chi connectivity index (χ4v) is 5.25. The van der Waals surface area contributed by atoms with E-state index in [2.05, 4.69) is 21.9 Å². The molecule has 0 bridgehead atoms. The molecule has 0 radical (unpaired) electrons. The third kappa shape index (κ3) is 4.79. The molecule has 1 saturated heterocycles. The number of Topliss-reactive ketones (excluding diaryl/α,β-unsaturated/α-hetero) is 1. The van der Waals surface area contributed by atoms with E-state index in [1.165, 1.54) is 34.9 Å². The number of thioether (sulfide) groups is 1. The summed E-state index contributed by atoms with van der Waals surface area (Å²) in [5.74, 6) is -0.586.